The minimum atomic E-state index is -0.875. The highest BCUT2D eigenvalue weighted by Gasteiger charge is 2.35. The summed E-state index contributed by atoms with van der Waals surface area (Å²) in [6.07, 6.45) is -0.237. The van der Waals surface area contributed by atoms with Crippen molar-refractivity contribution in [3.05, 3.63) is 118 Å². The van der Waals surface area contributed by atoms with Gasteiger partial charge in [0, 0.05) is 11.5 Å². The molecular weight excluding hydrogens is 576 g/mol. The van der Waals surface area contributed by atoms with E-state index in [9.17, 15) is 19.2 Å². The van der Waals surface area contributed by atoms with Gasteiger partial charge < -0.3 is 24.4 Å². The largest absolute Gasteiger partial charge is 0.478 e. The average molecular weight is 621 g/mol. The number of carboxylic acids is 2. The van der Waals surface area contributed by atoms with Crippen LogP contribution in [0.15, 0.2) is 84.9 Å². The average Bonchev–Trinajstić information content (AvgIpc) is 3.36. The van der Waals surface area contributed by atoms with Crippen molar-refractivity contribution in [2.45, 2.75) is 67.3 Å². The van der Waals surface area contributed by atoms with Gasteiger partial charge in [-0.2, -0.15) is 0 Å². The van der Waals surface area contributed by atoms with Crippen LogP contribution in [0, 0.1) is 26.7 Å². The molecule has 1 saturated heterocycles. The number of carbonyl (C=O) groups excluding carboxylic acids is 2. The predicted molar refractivity (Wildman–Crippen MR) is 172 cm³/mol. The molecule has 0 spiro atoms. The fourth-order valence-electron chi connectivity index (χ4n) is 3.70. The normalized spacial score (nSPS) is 16.2. The minimum Gasteiger partial charge on any atom is -0.478 e. The number of benzene rings is 3. The molecule has 3 atom stereocenters. The van der Waals surface area contributed by atoms with E-state index in [1.54, 1.807) is 67.6 Å². The smallest absolute Gasteiger partial charge is 0.338 e. The first-order valence-corrected chi connectivity index (χ1v) is 14.6. The zero-order chi connectivity index (χ0) is 34.1. The Balaban J connectivity index is 0.000000379. The molecule has 2 unspecified atom stereocenters. The molecule has 4 rings (SSSR count). The Morgan fingerprint density at radius 2 is 1.13 bits per heavy atom. The topological polar surface area (TPSA) is 136 Å². The van der Waals surface area contributed by atoms with E-state index in [1.807, 2.05) is 53.7 Å². The summed E-state index contributed by atoms with van der Waals surface area (Å²) in [5, 5.41) is 17.0. The van der Waals surface area contributed by atoms with Crippen LogP contribution < -0.4 is 0 Å². The Kier molecular flexibility index (Phi) is 16.6. The van der Waals surface area contributed by atoms with Crippen molar-refractivity contribution in [2.24, 2.45) is 5.92 Å². The van der Waals surface area contributed by atoms with E-state index in [2.05, 4.69) is 6.58 Å². The molecule has 1 aliphatic rings. The molecule has 0 radical (unpaired) electrons. The number of esters is 2. The second-order valence-electron chi connectivity index (χ2n) is 10.3. The lowest BCUT2D eigenvalue weighted by Crippen LogP contribution is -2.24. The van der Waals surface area contributed by atoms with E-state index in [-0.39, 0.29) is 24.6 Å². The zero-order valence-electron chi connectivity index (χ0n) is 27.0. The van der Waals surface area contributed by atoms with Gasteiger partial charge in [0.2, 0.25) is 6.29 Å². The maximum absolute atomic E-state index is 12.0. The van der Waals surface area contributed by atoms with Crippen molar-refractivity contribution in [2.75, 3.05) is 6.61 Å². The number of carboxylic acid groups (broad SMARTS) is 2. The van der Waals surface area contributed by atoms with E-state index < -0.39 is 24.2 Å². The van der Waals surface area contributed by atoms with E-state index in [1.165, 1.54) is 0 Å². The van der Waals surface area contributed by atoms with E-state index in [4.69, 9.17) is 24.4 Å². The summed E-state index contributed by atoms with van der Waals surface area (Å²) in [6, 6.07) is 20.7. The number of rotatable bonds is 7. The number of hydrogen-bond acceptors (Lipinski definition) is 7. The van der Waals surface area contributed by atoms with Gasteiger partial charge in [0.1, 0.15) is 6.61 Å². The van der Waals surface area contributed by atoms with Crippen LogP contribution in [0.2, 0.25) is 0 Å². The van der Waals surface area contributed by atoms with Crippen molar-refractivity contribution >= 4 is 23.9 Å². The van der Waals surface area contributed by atoms with Crippen molar-refractivity contribution in [1.29, 1.82) is 0 Å². The SMILES string of the molecule is C=C(C)C(=O)OC1O[C@H](COC(=O)c2ccc(C)cc2)CC1C.CC.Cc1ccc(C(=O)O)cc1.Cc1ccc(C(=O)O)cc1. The second-order valence-corrected chi connectivity index (χ2v) is 10.3. The van der Waals surface area contributed by atoms with Crippen LogP contribution in [0.3, 0.4) is 0 Å². The Morgan fingerprint density at radius 1 is 0.756 bits per heavy atom. The van der Waals surface area contributed by atoms with Gasteiger partial charge in [-0.25, -0.2) is 19.2 Å². The molecule has 9 nitrogen and oxygen atoms in total. The molecule has 0 bridgehead atoms. The first kappa shape index (κ1) is 38.3. The van der Waals surface area contributed by atoms with Crippen molar-refractivity contribution < 1.29 is 43.6 Å². The quantitative estimate of drug-likeness (QED) is 0.204. The van der Waals surface area contributed by atoms with Gasteiger partial charge in [0.25, 0.3) is 0 Å². The molecule has 242 valence electrons. The highest BCUT2D eigenvalue weighted by molar-refractivity contribution is 5.89. The lowest BCUT2D eigenvalue weighted by atomic mass is 10.1. The lowest BCUT2D eigenvalue weighted by molar-refractivity contribution is -0.178. The van der Waals surface area contributed by atoms with Crippen LogP contribution in [0.25, 0.3) is 0 Å². The number of aryl methyl sites for hydroxylation is 3. The molecule has 1 aliphatic heterocycles. The van der Waals surface area contributed by atoms with Crippen LogP contribution in [-0.4, -0.2) is 53.1 Å². The first-order chi connectivity index (χ1) is 21.3. The zero-order valence-corrected chi connectivity index (χ0v) is 27.0. The second kappa shape index (κ2) is 19.5. The summed E-state index contributed by atoms with van der Waals surface area (Å²) in [5.41, 5.74) is 4.74. The van der Waals surface area contributed by atoms with Gasteiger partial charge >= 0.3 is 23.9 Å². The van der Waals surface area contributed by atoms with Gasteiger partial charge in [-0.1, -0.05) is 80.4 Å². The third-order valence-electron chi connectivity index (χ3n) is 6.28. The summed E-state index contributed by atoms with van der Waals surface area (Å²) in [6.45, 7) is 17.0. The van der Waals surface area contributed by atoms with Gasteiger partial charge in [0.05, 0.1) is 22.8 Å². The molecule has 0 aromatic heterocycles. The van der Waals surface area contributed by atoms with E-state index in [0.29, 0.717) is 28.7 Å². The molecule has 2 N–H and O–H groups in total. The molecule has 1 fully saturated rings. The lowest BCUT2D eigenvalue weighted by Gasteiger charge is -2.16. The number of ether oxygens (including phenoxy) is 3. The Morgan fingerprint density at radius 3 is 1.49 bits per heavy atom. The van der Waals surface area contributed by atoms with Crippen LogP contribution in [0.4, 0.5) is 0 Å². The molecule has 9 heteroatoms. The third kappa shape index (κ3) is 14.0. The molecule has 3 aromatic carbocycles. The summed E-state index contributed by atoms with van der Waals surface area (Å²) >= 11 is 0. The maximum Gasteiger partial charge on any atom is 0.338 e. The monoisotopic (exact) mass is 620 g/mol. The van der Waals surface area contributed by atoms with E-state index in [0.717, 1.165) is 16.7 Å². The van der Waals surface area contributed by atoms with Crippen LogP contribution >= 0.6 is 0 Å². The summed E-state index contributed by atoms with van der Waals surface area (Å²) in [4.78, 5) is 44.1. The van der Waals surface area contributed by atoms with Gasteiger partial charge in [-0.15, -0.1) is 0 Å². The standard InChI is InChI=1S/C18H22O5.2C8H8O2.C2H6/c1-11(2)16(19)23-18-13(4)9-15(22-18)10-21-17(20)14-7-5-12(3)6-8-14;2*1-6-2-4-7(5-3-6)8(9)10;1-2/h5-8,13,15,18H,1,9-10H2,2-4H3;2*2-5H,1H3,(H,9,10);1-2H3/t13?,15-,18?;;;/m0.../s1. The van der Waals surface area contributed by atoms with Gasteiger partial charge in [-0.3, -0.25) is 0 Å². The molecule has 1 heterocycles. The summed E-state index contributed by atoms with van der Waals surface area (Å²) in [5.74, 6) is -2.57. The molecule has 0 aliphatic carbocycles. The van der Waals surface area contributed by atoms with Gasteiger partial charge in [0.15, 0.2) is 0 Å². The summed E-state index contributed by atoms with van der Waals surface area (Å²) < 4.78 is 16.1. The van der Waals surface area contributed by atoms with Gasteiger partial charge in [-0.05, 0) is 70.5 Å². The first-order valence-electron chi connectivity index (χ1n) is 14.6. The van der Waals surface area contributed by atoms with Crippen molar-refractivity contribution in [1.82, 2.24) is 0 Å². The maximum atomic E-state index is 12.0. The Hall–Kier alpha value is -4.76. The fourth-order valence-corrected chi connectivity index (χ4v) is 3.70. The van der Waals surface area contributed by atoms with E-state index >= 15 is 0 Å². The fraction of sp³-hybridized carbons (Fsp3) is 0.333. The van der Waals surface area contributed by atoms with Crippen LogP contribution in [-0.2, 0) is 19.0 Å². The van der Waals surface area contributed by atoms with Crippen LogP contribution in [0.1, 0.15) is 81.9 Å². The third-order valence-corrected chi connectivity index (χ3v) is 6.28. The van der Waals surface area contributed by atoms with Crippen molar-refractivity contribution in [3.8, 4) is 0 Å². The van der Waals surface area contributed by atoms with Crippen molar-refractivity contribution in [3.63, 3.8) is 0 Å². The molecule has 0 saturated carbocycles. The predicted octanol–water partition coefficient (Wildman–Crippen LogP) is 7.43. The Labute approximate surface area is 265 Å². The minimum absolute atomic E-state index is 0.0429. The highest BCUT2D eigenvalue weighted by Crippen LogP contribution is 2.28. The van der Waals surface area contributed by atoms with Crippen LogP contribution in [0.5, 0.6) is 0 Å². The molecular formula is C36H44O9. The molecule has 0 amide bonds. The molecule has 45 heavy (non-hydrogen) atoms. The Bertz CT molecular complexity index is 1340. The highest BCUT2D eigenvalue weighted by atomic mass is 16.7. The number of hydrogen-bond donors (Lipinski definition) is 2. The number of carbonyl (C=O) groups is 4. The number of aromatic carboxylic acids is 2. The summed E-state index contributed by atoms with van der Waals surface area (Å²) in [7, 11) is 0. The molecule has 3 aromatic rings.